The number of carbonyl (C=O) groups excluding carboxylic acids is 4. The molecule has 4 aromatic carbocycles. The summed E-state index contributed by atoms with van der Waals surface area (Å²) in [5.74, 6) is 2.41. The number of esters is 2. The Morgan fingerprint density at radius 3 is 1.20 bits per heavy atom. The zero-order valence-corrected chi connectivity index (χ0v) is 43.8. The predicted molar refractivity (Wildman–Crippen MR) is 302 cm³/mol. The normalized spacial score (nSPS) is 12.7. The molecule has 0 aliphatic carbocycles. The Morgan fingerprint density at radius 2 is 0.817 bits per heavy atom. The van der Waals surface area contributed by atoms with E-state index in [0.717, 1.165) is 28.8 Å². The zero-order valence-electron chi connectivity index (χ0n) is 42.9. The summed E-state index contributed by atoms with van der Waals surface area (Å²) in [5.41, 5.74) is 4.97. The third-order valence-corrected chi connectivity index (χ3v) is 13.6. The van der Waals surface area contributed by atoms with Crippen molar-refractivity contribution in [2.75, 3.05) is 27.9 Å². The number of allylic oxidation sites excluding steroid dienone is 19. The Morgan fingerprint density at radius 1 is 0.451 bits per heavy atom. The van der Waals surface area contributed by atoms with Gasteiger partial charge in [-0.2, -0.15) is 0 Å². The van der Waals surface area contributed by atoms with Crippen molar-refractivity contribution < 1.29 is 39.6 Å². The summed E-state index contributed by atoms with van der Waals surface area (Å²) >= 11 is 0. The second-order valence-corrected chi connectivity index (χ2v) is 18.7. The first-order valence-electron chi connectivity index (χ1n) is 22.8. The van der Waals surface area contributed by atoms with Crippen molar-refractivity contribution in [1.82, 2.24) is 0 Å². The van der Waals surface area contributed by atoms with Gasteiger partial charge >= 0.3 is 11.9 Å². The highest BCUT2D eigenvalue weighted by Gasteiger charge is 2.24. The maximum absolute atomic E-state index is 11.9. The van der Waals surface area contributed by atoms with Gasteiger partial charge in [-0.1, -0.05) is 229 Å². The van der Waals surface area contributed by atoms with Crippen LogP contribution in [0.2, 0.25) is 0 Å². The standard InChI is InChI=1S/C24H23O2P.C22H28O4.C10H14O2.C6H6.H2/c1-20(24(25)26-2)18-19-27(21-12-6-3-7-13-21,22-14-8-4-9-15-22)23-16-10-5-11-17-23;1-18(12-8-14-20(3)16-26-17-23)10-6-7-11-19(2)13-9-15-21(4)22(24)25-5;1-9(8-11)6-4-5-7-10(2)12-3;1-2-4-6-5-3-1;/h3-19H,1-2H3;6-15,17H,16H2,1-5H3;4-8H,1-3H3;1-6H;1H/b20-18+;7-6+,12-8+,13-9+,18-10+,19-11+,20-14+,21-15+;5-4+,9-6+,10-7+;;/i;;;;1+1. The summed E-state index contributed by atoms with van der Waals surface area (Å²) in [6.45, 7) is 11.7. The monoisotopic (exact) mass is 978 g/mol. The lowest BCUT2D eigenvalue weighted by Gasteiger charge is -2.28. The first kappa shape index (κ1) is 61.2. The van der Waals surface area contributed by atoms with Gasteiger partial charge in [-0.05, 0) is 88.5 Å². The molecule has 0 unspecified atom stereocenters. The molecule has 71 heavy (non-hydrogen) atoms. The maximum Gasteiger partial charge on any atom is 0.333 e. The molecule has 374 valence electrons. The van der Waals surface area contributed by atoms with Gasteiger partial charge in [-0.15, -0.1) is 0 Å². The summed E-state index contributed by atoms with van der Waals surface area (Å²) in [7, 11) is 4.39. The van der Waals surface area contributed by atoms with E-state index in [9.17, 15) is 19.2 Å². The minimum Gasteiger partial charge on any atom is -0.501 e. The molecule has 0 heterocycles. The van der Waals surface area contributed by atoms with Gasteiger partial charge in [0.25, 0.3) is 6.47 Å². The van der Waals surface area contributed by atoms with Crippen molar-refractivity contribution in [1.29, 1.82) is 0 Å². The molecule has 0 amide bonds. The molecule has 0 saturated carbocycles. The van der Waals surface area contributed by atoms with Crippen molar-refractivity contribution in [3.05, 3.63) is 258 Å². The minimum atomic E-state index is -2.07. The van der Waals surface area contributed by atoms with Crippen LogP contribution in [0.1, 0.15) is 49.9 Å². The van der Waals surface area contributed by atoms with Crippen LogP contribution >= 0.6 is 6.89 Å². The van der Waals surface area contributed by atoms with E-state index in [1.165, 1.54) is 30.1 Å². The highest BCUT2D eigenvalue weighted by molar-refractivity contribution is 7.94. The smallest absolute Gasteiger partial charge is 0.333 e. The van der Waals surface area contributed by atoms with Crippen LogP contribution in [0.25, 0.3) is 0 Å². The van der Waals surface area contributed by atoms with E-state index in [1.807, 2.05) is 155 Å². The Hall–Kier alpha value is -7.80. The molecule has 0 bridgehead atoms. The van der Waals surface area contributed by atoms with E-state index >= 15 is 0 Å². The first-order valence-corrected chi connectivity index (χ1v) is 24.7. The Kier molecular flexibility index (Phi) is 32.8. The third-order valence-electron chi connectivity index (χ3n) is 9.68. The second kappa shape index (κ2) is 38.1. The number of ether oxygens (including phenoxy) is 4. The molecule has 0 atom stereocenters. The molecular weight excluding hydrogens is 904 g/mol. The molecule has 0 aromatic heterocycles. The number of hydrogen-bond donors (Lipinski definition) is 0. The molecule has 0 aliphatic heterocycles. The van der Waals surface area contributed by atoms with E-state index in [-0.39, 0.29) is 13.4 Å². The van der Waals surface area contributed by atoms with Gasteiger partial charge in [0, 0.05) is 12.6 Å². The third kappa shape index (κ3) is 26.5. The summed E-state index contributed by atoms with van der Waals surface area (Å²) in [6, 6.07) is 43.5. The molecule has 0 radical (unpaired) electrons. The van der Waals surface area contributed by atoms with Gasteiger partial charge in [-0.25, -0.2) is 9.59 Å². The van der Waals surface area contributed by atoms with Crippen LogP contribution in [-0.4, -0.2) is 58.4 Å². The largest absolute Gasteiger partial charge is 0.501 e. The van der Waals surface area contributed by atoms with Crippen LogP contribution in [0.15, 0.2) is 258 Å². The lowest BCUT2D eigenvalue weighted by molar-refractivity contribution is -0.136. The highest BCUT2D eigenvalue weighted by Crippen LogP contribution is 2.43. The predicted octanol–water partition coefficient (Wildman–Crippen LogP) is 12.9. The van der Waals surface area contributed by atoms with Crippen molar-refractivity contribution in [2.24, 2.45) is 0 Å². The number of aldehydes is 1. The number of benzene rings is 4. The Balaban J connectivity index is 0.00000104. The molecule has 0 saturated heterocycles. The first-order chi connectivity index (χ1) is 34.3. The van der Waals surface area contributed by atoms with Crippen LogP contribution in [0.4, 0.5) is 0 Å². The lowest BCUT2D eigenvalue weighted by atomic mass is 10.2. The highest BCUT2D eigenvalue weighted by atomic mass is 31.2. The summed E-state index contributed by atoms with van der Waals surface area (Å²) in [4.78, 5) is 43.4. The SMILES string of the molecule is CO/C(C)=C/C=C/C=C(\C)C=O.COC(=O)/C(C)=C/C=C/C(C)=C/C=C/C=C(C)/C=C/C=C(\C)COC=O.COC(=O)/C(C)=C/C=P(c1ccccc1)(c1ccccc1)c1ccccc1.[2HH].c1ccccc1. The molecule has 4 aromatic rings. The van der Waals surface area contributed by atoms with Crippen molar-refractivity contribution in [3.63, 3.8) is 0 Å². The molecule has 8 nitrogen and oxygen atoms in total. The maximum atomic E-state index is 11.9. The van der Waals surface area contributed by atoms with E-state index in [2.05, 4.69) is 88.1 Å². The van der Waals surface area contributed by atoms with Crippen molar-refractivity contribution >= 4 is 53.3 Å². The van der Waals surface area contributed by atoms with E-state index in [4.69, 9.17) is 9.47 Å². The fourth-order valence-electron chi connectivity index (χ4n) is 5.71. The number of methoxy groups -OCH3 is 3. The lowest BCUT2D eigenvalue weighted by Crippen LogP contribution is -2.26. The number of rotatable bonds is 19. The summed E-state index contributed by atoms with van der Waals surface area (Å²) in [6.07, 6.45) is 29.1. The number of hydrogen-bond acceptors (Lipinski definition) is 8. The van der Waals surface area contributed by atoms with E-state index in [1.54, 1.807) is 46.1 Å². The van der Waals surface area contributed by atoms with Gasteiger partial charge in [-0.3, -0.25) is 9.59 Å². The van der Waals surface area contributed by atoms with Crippen LogP contribution in [-0.2, 0) is 38.1 Å². The molecule has 0 aliphatic rings. The van der Waals surface area contributed by atoms with Crippen LogP contribution < -0.4 is 15.9 Å². The fraction of sp³-hybridized carbons (Fsp3) is 0.177. The van der Waals surface area contributed by atoms with Crippen molar-refractivity contribution in [2.45, 2.75) is 48.5 Å². The zero-order chi connectivity index (χ0) is 52.5. The molecule has 0 fully saturated rings. The molecule has 4 rings (SSSR count). The van der Waals surface area contributed by atoms with Gasteiger partial charge in [0.1, 0.15) is 12.9 Å². The van der Waals surface area contributed by atoms with Crippen molar-refractivity contribution in [3.8, 4) is 0 Å². The average Bonchev–Trinajstić information content (AvgIpc) is 3.41. The Bertz CT molecular complexity index is 2480. The average molecular weight is 978 g/mol. The number of carbonyl (C=O) groups is 4. The van der Waals surface area contributed by atoms with Crippen LogP contribution in [0, 0.1) is 0 Å². The quantitative estimate of drug-likeness (QED) is 0.0174. The van der Waals surface area contributed by atoms with Crippen LogP contribution in [0.3, 0.4) is 0 Å². The van der Waals surface area contributed by atoms with Crippen LogP contribution in [0.5, 0.6) is 0 Å². The fourth-order valence-corrected chi connectivity index (χ4v) is 9.50. The summed E-state index contributed by atoms with van der Waals surface area (Å²) in [5, 5.41) is 3.74. The Labute approximate surface area is 425 Å². The van der Waals surface area contributed by atoms with E-state index < -0.39 is 6.89 Å². The topological polar surface area (TPSA) is 105 Å². The molecular formula is C62H73O8P. The van der Waals surface area contributed by atoms with Gasteiger partial charge in [0.15, 0.2) is 0 Å². The minimum absolute atomic E-state index is 0. The molecule has 9 heteroatoms. The van der Waals surface area contributed by atoms with E-state index in [0.29, 0.717) is 29.8 Å². The van der Waals surface area contributed by atoms with Gasteiger partial charge < -0.3 is 18.9 Å². The molecule has 0 N–H and O–H groups in total. The summed E-state index contributed by atoms with van der Waals surface area (Å²) < 4.78 is 19.1. The van der Waals surface area contributed by atoms with Gasteiger partial charge in [0.2, 0.25) is 0 Å². The van der Waals surface area contributed by atoms with Gasteiger partial charge in [0.05, 0.1) is 27.1 Å². The second-order valence-electron chi connectivity index (χ2n) is 15.5. The molecule has 0 spiro atoms.